The number of imidazole rings is 1. The van der Waals surface area contributed by atoms with E-state index in [1.54, 1.807) is 31.3 Å². The number of ether oxygens (including phenoxy) is 3. The summed E-state index contributed by atoms with van der Waals surface area (Å²) in [5, 5.41) is 0.564. The molecule has 1 aliphatic heterocycles. The van der Waals surface area contributed by atoms with Gasteiger partial charge in [0.25, 0.3) is 5.91 Å². The number of pyridine rings is 1. The van der Waals surface area contributed by atoms with Gasteiger partial charge >= 0.3 is 6.18 Å². The van der Waals surface area contributed by atoms with Crippen LogP contribution in [0.1, 0.15) is 28.8 Å². The van der Waals surface area contributed by atoms with E-state index in [-0.39, 0.29) is 22.2 Å². The molecule has 0 bridgehead atoms. The quantitative estimate of drug-likeness (QED) is 0.337. The Hall–Kier alpha value is -2.38. The molecule has 2 aromatic heterocycles. The number of fused-ring (bicyclic) bond motifs is 1. The average Bonchev–Trinajstić information content (AvgIpc) is 3.23. The Kier molecular flexibility index (Phi) is 8.96. The van der Waals surface area contributed by atoms with E-state index < -0.39 is 11.7 Å². The van der Waals surface area contributed by atoms with Gasteiger partial charge in [-0.3, -0.25) is 4.79 Å². The van der Waals surface area contributed by atoms with Crippen LogP contribution in [-0.2, 0) is 26.9 Å². The van der Waals surface area contributed by atoms with E-state index in [0.29, 0.717) is 61.9 Å². The lowest BCUT2D eigenvalue weighted by Crippen LogP contribution is -2.40. The van der Waals surface area contributed by atoms with Crippen molar-refractivity contribution in [2.45, 2.75) is 42.0 Å². The van der Waals surface area contributed by atoms with Crippen LogP contribution in [0.15, 0.2) is 40.6 Å². The molecule has 0 spiro atoms. The van der Waals surface area contributed by atoms with Gasteiger partial charge in [-0.15, -0.1) is 0 Å². The van der Waals surface area contributed by atoms with Crippen LogP contribution in [0.5, 0.6) is 0 Å². The molecule has 0 radical (unpaired) electrons. The number of nitrogens with zero attached hydrogens (tertiary/aromatic N) is 4. The fraction of sp³-hybridized carbons (Fsp3) is 0.458. The van der Waals surface area contributed by atoms with Gasteiger partial charge in [-0.1, -0.05) is 11.6 Å². The fourth-order valence-corrected chi connectivity index (χ4v) is 5.13. The molecule has 0 atom stereocenters. The second-order valence-corrected chi connectivity index (χ2v) is 9.67. The predicted octanol–water partition coefficient (Wildman–Crippen LogP) is 5.13. The number of rotatable bonds is 9. The third kappa shape index (κ3) is 6.55. The first kappa shape index (κ1) is 27.6. The first-order valence-corrected chi connectivity index (χ1v) is 12.7. The summed E-state index contributed by atoms with van der Waals surface area (Å²) in [7, 11) is 3.13. The lowest BCUT2D eigenvalue weighted by atomic mass is 10.1. The minimum absolute atomic E-state index is 0.107. The number of halogens is 4. The predicted molar refractivity (Wildman–Crippen MR) is 132 cm³/mol. The second-order valence-electron chi connectivity index (χ2n) is 8.31. The molecule has 1 aliphatic rings. The first-order chi connectivity index (χ1) is 17.7. The van der Waals surface area contributed by atoms with Crippen molar-refractivity contribution in [1.29, 1.82) is 0 Å². The zero-order valence-electron chi connectivity index (χ0n) is 20.3. The Balaban J connectivity index is 1.65. The maximum Gasteiger partial charge on any atom is 0.417 e. The fourth-order valence-electron chi connectivity index (χ4n) is 3.97. The lowest BCUT2D eigenvalue weighted by Gasteiger charge is -2.26. The molecular weight excluding hydrogens is 533 g/mol. The molecule has 1 aromatic carbocycles. The van der Waals surface area contributed by atoms with Crippen LogP contribution in [0, 0.1) is 0 Å². The van der Waals surface area contributed by atoms with Gasteiger partial charge in [-0.05, 0) is 42.4 Å². The average molecular weight is 559 g/mol. The van der Waals surface area contributed by atoms with E-state index in [9.17, 15) is 18.0 Å². The Bertz CT molecular complexity index is 1250. The van der Waals surface area contributed by atoms with E-state index in [1.807, 2.05) is 10.6 Å². The van der Waals surface area contributed by atoms with E-state index in [1.165, 1.54) is 0 Å². The van der Waals surface area contributed by atoms with Crippen LogP contribution >= 0.6 is 23.4 Å². The number of aromatic nitrogens is 3. The minimum atomic E-state index is -4.55. The maximum absolute atomic E-state index is 13.1. The maximum atomic E-state index is 13.1. The SMILES string of the molecule is COC(CCCn1c(Sc2ncc(C(F)(F)F)cc2Cl)nc2cc(C(=O)N3CCOCC3)ccc21)OC. The summed E-state index contributed by atoms with van der Waals surface area (Å²) in [5.74, 6) is -0.107. The molecule has 0 N–H and O–H groups in total. The molecule has 1 fully saturated rings. The van der Waals surface area contributed by atoms with Crippen LogP contribution in [-0.4, -0.2) is 72.2 Å². The Morgan fingerprint density at radius 1 is 1.22 bits per heavy atom. The second kappa shape index (κ2) is 12.0. The highest BCUT2D eigenvalue weighted by atomic mass is 35.5. The number of alkyl halides is 3. The molecule has 0 saturated carbocycles. The minimum Gasteiger partial charge on any atom is -0.378 e. The zero-order chi connectivity index (χ0) is 26.6. The van der Waals surface area contributed by atoms with Crippen LogP contribution < -0.4 is 0 Å². The molecule has 8 nitrogen and oxygen atoms in total. The van der Waals surface area contributed by atoms with E-state index in [4.69, 9.17) is 30.8 Å². The van der Waals surface area contributed by atoms with Gasteiger partial charge in [-0.25, -0.2) is 9.97 Å². The van der Waals surface area contributed by atoms with Crippen LogP contribution in [0.25, 0.3) is 11.0 Å². The summed E-state index contributed by atoms with van der Waals surface area (Å²) in [6.07, 6.45) is -2.87. The third-order valence-electron chi connectivity index (χ3n) is 5.93. The highest BCUT2D eigenvalue weighted by molar-refractivity contribution is 7.99. The third-order valence-corrected chi connectivity index (χ3v) is 7.34. The number of aryl methyl sites for hydroxylation is 1. The summed E-state index contributed by atoms with van der Waals surface area (Å²) in [6, 6.07) is 6.16. The van der Waals surface area contributed by atoms with Crippen molar-refractivity contribution in [2.75, 3.05) is 40.5 Å². The van der Waals surface area contributed by atoms with Crippen molar-refractivity contribution in [3.63, 3.8) is 0 Å². The molecule has 3 aromatic rings. The van der Waals surface area contributed by atoms with E-state index >= 15 is 0 Å². The molecule has 1 amide bonds. The van der Waals surface area contributed by atoms with Crippen LogP contribution in [0.3, 0.4) is 0 Å². The summed E-state index contributed by atoms with van der Waals surface area (Å²) in [5.41, 5.74) is 0.932. The zero-order valence-corrected chi connectivity index (χ0v) is 21.8. The lowest BCUT2D eigenvalue weighted by molar-refractivity contribution is -0.137. The van der Waals surface area contributed by atoms with Gasteiger partial charge in [0.2, 0.25) is 0 Å². The van der Waals surface area contributed by atoms with Crippen molar-refractivity contribution in [3.05, 3.63) is 46.6 Å². The van der Waals surface area contributed by atoms with Crippen molar-refractivity contribution in [2.24, 2.45) is 0 Å². The number of amides is 1. The molecule has 4 rings (SSSR count). The molecule has 200 valence electrons. The Morgan fingerprint density at radius 3 is 2.59 bits per heavy atom. The molecule has 3 heterocycles. The van der Waals surface area contributed by atoms with E-state index in [2.05, 4.69) is 4.98 Å². The summed E-state index contributed by atoms with van der Waals surface area (Å²) in [4.78, 5) is 23.3. The van der Waals surface area contributed by atoms with Crippen molar-refractivity contribution >= 4 is 40.3 Å². The standard InChI is InChI=1S/C24H26ClF3N4O4S/c1-34-20(35-2)4-3-7-32-19-6-5-15(22(33)31-8-10-36-11-9-31)12-18(19)30-23(32)37-21-17(25)13-16(14-29-21)24(26,27)28/h5-6,12-14,20H,3-4,7-11H2,1-2H3. The highest BCUT2D eigenvalue weighted by Crippen LogP contribution is 2.37. The number of hydrogen-bond acceptors (Lipinski definition) is 7. The number of carbonyl (C=O) groups excluding carboxylic acids is 1. The molecule has 0 unspecified atom stereocenters. The van der Waals surface area contributed by atoms with Crippen molar-refractivity contribution in [1.82, 2.24) is 19.4 Å². The van der Waals surface area contributed by atoms with Crippen LogP contribution in [0.4, 0.5) is 13.2 Å². The summed E-state index contributed by atoms with van der Waals surface area (Å²) >= 11 is 7.22. The largest absolute Gasteiger partial charge is 0.417 e. The molecule has 37 heavy (non-hydrogen) atoms. The van der Waals surface area contributed by atoms with Gasteiger partial charge < -0.3 is 23.7 Å². The normalized spacial score (nSPS) is 14.6. The summed E-state index contributed by atoms with van der Waals surface area (Å²) in [6.45, 7) is 2.55. The molecule has 0 aliphatic carbocycles. The van der Waals surface area contributed by atoms with Gasteiger partial charge in [-0.2, -0.15) is 13.2 Å². The van der Waals surface area contributed by atoms with Crippen LogP contribution in [0.2, 0.25) is 5.02 Å². The first-order valence-electron chi connectivity index (χ1n) is 11.5. The van der Waals surface area contributed by atoms with Crippen molar-refractivity contribution in [3.8, 4) is 0 Å². The molecular formula is C24H26ClF3N4O4S. The van der Waals surface area contributed by atoms with Crippen molar-refractivity contribution < 1.29 is 32.2 Å². The number of hydrogen-bond donors (Lipinski definition) is 0. The van der Waals surface area contributed by atoms with Gasteiger partial charge in [0, 0.05) is 52.0 Å². The Morgan fingerprint density at radius 2 is 1.95 bits per heavy atom. The smallest absolute Gasteiger partial charge is 0.378 e. The number of benzene rings is 1. The highest BCUT2D eigenvalue weighted by Gasteiger charge is 2.32. The number of morpholine rings is 1. The van der Waals surface area contributed by atoms with E-state index in [0.717, 1.165) is 29.5 Å². The molecule has 1 saturated heterocycles. The number of carbonyl (C=O) groups is 1. The topological polar surface area (TPSA) is 78.7 Å². The monoisotopic (exact) mass is 558 g/mol. The van der Waals surface area contributed by atoms with Gasteiger partial charge in [0.05, 0.1) is 34.8 Å². The summed E-state index contributed by atoms with van der Waals surface area (Å²) < 4.78 is 56.9. The van der Waals surface area contributed by atoms with Gasteiger partial charge in [0.1, 0.15) is 5.03 Å². The number of methoxy groups -OCH3 is 2. The molecule has 13 heteroatoms. The van der Waals surface area contributed by atoms with Gasteiger partial charge in [0.15, 0.2) is 11.4 Å². The Labute approximate surface area is 221 Å².